The van der Waals surface area contributed by atoms with Crippen molar-refractivity contribution in [3.8, 4) is 0 Å². The van der Waals surface area contributed by atoms with Gasteiger partial charge in [-0.1, -0.05) is 105 Å². The summed E-state index contributed by atoms with van der Waals surface area (Å²) in [5, 5.41) is 0. The zero-order valence-corrected chi connectivity index (χ0v) is 18.0. The van der Waals surface area contributed by atoms with Gasteiger partial charge < -0.3 is 9.47 Å². The first-order valence-corrected chi connectivity index (χ1v) is 10.5. The van der Waals surface area contributed by atoms with Crippen LogP contribution in [-0.4, -0.2) is 18.5 Å². The van der Waals surface area contributed by atoms with Crippen molar-refractivity contribution in [1.82, 2.24) is 0 Å². The lowest BCUT2D eigenvalue weighted by Crippen LogP contribution is -2.47. The maximum absolute atomic E-state index is 13.7. The molecule has 0 amide bonds. The minimum Gasteiger partial charge on any atom is -0.464 e. The van der Waals surface area contributed by atoms with E-state index in [1.165, 1.54) is 0 Å². The summed E-state index contributed by atoms with van der Waals surface area (Å²) in [6, 6.07) is 27.4. The van der Waals surface area contributed by atoms with Gasteiger partial charge in [0.15, 0.2) is 0 Å². The molecule has 0 aliphatic rings. The number of carbonyl (C=O) groups is 2. The highest BCUT2D eigenvalue weighted by molar-refractivity contribution is 6.10. The van der Waals surface area contributed by atoms with E-state index in [9.17, 15) is 9.59 Å². The third kappa shape index (κ3) is 5.21. The van der Waals surface area contributed by atoms with Crippen molar-refractivity contribution in [1.29, 1.82) is 0 Å². The van der Waals surface area contributed by atoms with E-state index in [-0.39, 0.29) is 13.2 Å². The van der Waals surface area contributed by atoms with Gasteiger partial charge in [-0.25, -0.2) is 0 Å². The van der Waals surface area contributed by atoms with E-state index < -0.39 is 17.4 Å². The maximum atomic E-state index is 13.7. The highest BCUT2D eigenvalue weighted by atomic mass is 16.6. The maximum Gasteiger partial charge on any atom is 0.333 e. The topological polar surface area (TPSA) is 52.6 Å². The molecule has 0 aliphatic heterocycles. The van der Waals surface area contributed by atoms with Crippen LogP contribution >= 0.6 is 0 Å². The van der Waals surface area contributed by atoms with Gasteiger partial charge in [-0.15, -0.1) is 0 Å². The summed E-state index contributed by atoms with van der Waals surface area (Å²) in [5.74, 6) is -0.896. The second-order valence-corrected chi connectivity index (χ2v) is 7.86. The van der Waals surface area contributed by atoms with E-state index in [4.69, 9.17) is 9.47 Å². The lowest BCUT2D eigenvalue weighted by Gasteiger charge is -2.30. The van der Waals surface area contributed by atoms with Crippen molar-refractivity contribution < 1.29 is 19.1 Å². The molecule has 0 radical (unpaired) electrons. The van der Waals surface area contributed by atoms with Crippen LogP contribution in [0.2, 0.25) is 0 Å². The molecule has 0 aliphatic carbocycles. The predicted molar refractivity (Wildman–Crippen MR) is 120 cm³/mol. The second-order valence-electron chi connectivity index (χ2n) is 7.86. The molecule has 0 unspecified atom stereocenters. The molecule has 4 nitrogen and oxygen atoms in total. The summed E-state index contributed by atoms with van der Waals surface area (Å²) in [6.45, 7) is 4.43. The summed E-state index contributed by atoms with van der Waals surface area (Å²) in [5.41, 5.74) is 0.190. The zero-order valence-electron chi connectivity index (χ0n) is 18.0. The number of esters is 2. The van der Waals surface area contributed by atoms with Crippen LogP contribution in [0.25, 0.3) is 0 Å². The summed E-state index contributed by atoms with van der Waals surface area (Å²) in [6.07, 6.45) is 0.713. The lowest BCUT2D eigenvalue weighted by atomic mass is 9.74. The van der Waals surface area contributed by atoms with Crippen LogP contribution in [0.1, 0.15) is 37.0 Å². The first-order chi connectivity index (χ1) is 15.0. The van der Waals surface area contributed by atoms with E-state index in [2.05, 4.69) is 13.8 Å². The fourth-order valence-corrected chi connectivity index (χ4v) is 3.42. The van der Waals surface area contributed by atoms with Crippen molar-refractivity contribution in [2.45, 2.75) is 32.3 Å². The number of benzene rings is 3. The minimum absolute atomic E-state index is 0.0698. The molecule has 0 fully saturated rings. The van der Waals surface area contributed by atoms with Crippen LogP contribution in [0.3, 0.4) is 0 Å². The van der Waals surface area contributed by atoms with Crippen molar-refractivity contribution in [3.05, 3.63) is 108 Å². The molecular weight excluding hydrogens is 388 g/mol. The number of hydrogen-bond acceptors (Lipinski definition) is 4. The van der Waals surface area contributed by atoms with E-state index in [0.717, 1.165) is 5.56 Å². The van der Waals surface area contributed by atoms with Gasteiger partial charge in [0.25, 0.3) is 0 Å². The highest BCUT2D eigenvalue weighted by Crippen LogP contribution is 2.36. The minimum atomic E-state index is -1.70. The Hall–Kier alpha value is -3.40. The van der Waals surface area contributed by atoms with E-state index in [1.807, 2.05) is 42.5 Å². The largest absolute Gasteiger partial charge is 0.464 e. The van der Waals surface area contributed by atoms with Crippen LogP contribution in [0.15, 0.2) is 91.0 Å². The average molecular weight is 417 g/mol. The molecule has 31 heavy (non-hydrogen) atoms. The molecule has 0 bridgehead atoms. The van der Waals surface area contributed by atoms with Crippen LogP contribution in [0.4, 0.5) is 0 Å². The molecule has 0 aromatic heterocycles. The van der Waals surface area contributed by atoms with Gasteiger partial charge in [0.2, 0.25) is 5.41 Å². The number of carbonyl (C=O) groups excluding carboxylic acids is 2. The van der Waals surface area contributed by atoms with E-state index >= 15 is 0 Å². The number of hydrogen-bond donors (Lipinski definition) is 0. The van der Waals surface area contributed by atoms with Crippen LogP contribution < -0.4 is 0 Å². The van der Waals surface area contributed by atoms with Gasteiger partial charge >= 0.3 is 11.9 Å². The Bertz CT molecular complexity index is 926. The summed E-state index contributed by atoms with van der Waals surface area (Å²) in [7, 11) is 0. The predicted octanol–water partition coefficient (Wildman–Crippen LogP) is 5.31. The Morgan fingerprint density at radius 2 is 1.16 bits per heavy atom. The Balaban J connectivity index is 2.03. The van der Waals surface area contributed by atoms with Crippen LogP contribution in [-0.2, 0) is 31.1 Å². The molecule has 3 aromatic carbocycles. The molecule has 0 N–H and O–H groups in total. The standard InChI is InChI=1S/C27H28O4/c1-21(2)18-19-30-25(28)27(23-14-8-4-9-15-23,24-16-10-5-11-17-24)26(29)31-20-22-12-6-3-7-13-22/h3-17,21H,18-20H2,1-2H3. The highest BCUT2D eigenvalue weighted by Gasteiger charge is 2.52. The van der Waals surface area contributed by atoms with E-state index in [0.29, 0.717) is 23.5 Å². The van der Waals surface area contributed by atoms with Crippen molar-refractivity contribution in [2.24, 2.45) is 5.92 Å². The molecule has 0 atom stereocenters. The second kappa shape index (κ2) is 10.6. The first kappa shape index (κ1) is 22.3. The summed E-state index contributed by atoms with van der Waals surface area (Å²) >= 11 is 0. The van der Waals surface area contributed by atoms with Crippen LogP contribution in [0, 0.1) is 5.92 Å². The fraction of sp³-hybridized carbons (Fsp3) is 0.259. The third-order valence-corrected chi connectivity index (χ3v) is 5.17. The number of rotatable bonds is 9. The zero-order chi connectivity index (χ0) is 22.1. The van der Waals surface area contributed by atoms with Crippen LogP contribution in [0.5, 0.6) is 0 Å². The molecular formula is C27H28O4. The van der Waals surface area contributed by atoms with Gasteiger partial charge in [0.1, 0.15) is 6.61 Å². The molecule has 4 heteroatoms. The average Bonchev–Trinajstić information content (AvgIpc) is 2.80. The van der Waals surface area contributed by atoms with Crippen molar-refractivity contribution >= 4 is 11.9 Å². The molecule has 0 saturated carbocycles. The molecule has 0 spiro atoms. The quantitative estimate of drug-likeness (QED) is 0.351. The molecule has 0 heterocycles. The normalized spacial score (nSPS) is 11.2. The van der Waals surface area contributed by atoms with Gasteiger partial charge in [-0.3, -0.25) is 9.59 Å². The molecule has 160 valence electrons. The SMILES string of the molecule is CC(C)CCOC(=O)C(C(=O)OCc1ccccc1)(c1ccccc1)c1ccccc1. The van der Waals surface area contributed by atoms with Gasteiger partial charge in [-0.2, -0.15) is 0 Å². The molecule has 0 saturated heterocycles. The van der Waals surface area contributed by atoms with E-state index in [1.54, 1.807) is 48.5 Å². The smallest absolute Gasteiger partial charge is 0.333 e. The van der Waals surface area contributed by atoms with Gasteiger partial charge in [0, 0.05) is 0 Å². The molecule has 3 aromatic rings. The Kier molecular flexibility index (Phi) is 7.60. The third-order valence-electron chi connectivity index (χ3n) is 5.17. The monoisotopic (exact) mass is 416 g/mol. The molecule has 3 rings (SSSR count). The van der Waals surface area contributed by atoms with Crippen molar-refractivity contribution in [2.75, 3.05) is 6.61 Å². The van der Waals surface area contributed by atoms with Crippen molar-refractivity contribution in [3.63, 3.8) is 0 Å². The summed E-state index contributed by atoms with van der Waals surface area (Å²) in [4.78, 5) is 27.2. The number of ether oxygens (including phenoxy) is 2. The van der Waals surface area contributed by atoms with Gasteiger partial charge in [0.05, 0.1) is 6.61 Å². The Labute approximate surface area is 183 Å². The van der Waals surface area contributed by atoms with Gasteiger partial charge in [-0.05, 0) is 29.0 Å². The Morgan fingerprint density at radius 3 is 1.65 bits per heavy atom. The first-order valence-electron chi connectivity index (χ1n) is 10.5. The summed E-state index contributed by atoms with van der Waals surface area (Å²) < 4.78 is 11.4. The lowest BCUT2D eigenvalue weighted by molar-refractivity contribution is -0.163. The Morgan fingerprint density at radius 1 is 0.710 bits per heavy atom. The fourth-order valence-electron chi connectivity index (χ4n) is 3.42.